The second-order valence-electron chi connectivity index (χ2n) is 3.56. The smallest absolute Gasteiger partial charge is 0.150 e. The topological polar surface area (TPSA) is 39.1 Å². The number of hydrogen-bond donors (Lipinski definition) is 0. The van der Waals surface area contributed by atoms with Gasteiger partial charge in [0.15, 0.2) is 11.9 Å². The highest BCUT2D eigenvalue weighted by Crippen LogP contribution is 2.01. The highest BCUT2D eigenvalue weighted by Gasteiger charge is 1.98. The molecule has 0 saturated heterocycles. The van der Waals surface area contributed by atoms with Gasteiger partial charge in [0.1, 0.15) is 10.7 Å². The lowest BCUT2D eigenvalue weighted by molar-refractivity contribution is 0.544. The minimum atomic E-state index is 0.413. The zero-order valence-corrected chi connectivity index (χ0v) is 9.79. The molecule has 0 fully saturated rings. The van der Waals surface area contributed by atoms with E-state index in [1.165, 1.54) is 0 Å². The van der Waals surface area contributed by atoms with Gasteiger partial charge < -0.3 is 4.57 Å². The third kappa shape index (κ3) is 3.39. The van der Waals surface area contributed by atoms with Crippen LogP contribution in [-0.4, -0.2) is 22.3 Å². The SMILES string of the molecule is O=C=c1ccc(=C=O)n1CCCCCCCl. The Labute approximate surface area is 99.0 Å². The van der Waals surface area contributed by atoms with Gasteiger partial charge in [0.2, 0.25) is 0 Å². The first kappa shape index (κ1) is 12.8. The molecule has 4 heteroatoms. The molecule has 0 amide bonds. The first-order chi connectivity index (χ1) is 7.83. The zero-order valence-electron chi connectivity index (χ0n) is 9.04. The largest absolute Gasteiger partial charge is 0.323 e. The van der Waals surface area contributed by atoms with Crippen molar-refractivity contribution in [3.05, 3.63) is 22.8 Å². The summed E-state index contributed by atoms with van der Waals surface area (Å²) in [4.78, 5) is 21.2. The molecule has 0 aliphatic heterocycles. The standard InChI is InChI=1S/C12H14ClNO2/c13-7-3-1-2-4-8-14-11(9-15)5-6-12(14)10-16/h5-6H,1-4,7-8H2. The second kappa shape index (κ2) is 7.08. The van der Waals surface area contributed by atoms with E-state index in [2.05, 4.69) is 0 Å². The van der Waals surface area contributed by atoms with E-state index >= 15 is 0 Å². The Morgan fingerprint density at radius 3 is 2.06 bits per heavy atom. The maximum absolute atomic E-state index is 10.6. The fourth-order valence-corrected chi connectivity index (χ4v) is 1.79. The molecular formula is C12H14ClNO2. The van der Waals surface area contributed by atoms with E-state index in [-0.39, 0.29) is 0 Å². The number of halogens is 1. The summed E-state index contributed by atoms with van der Waals surface area (Å²) in [5.41, 5.74) is 0. The lowest BCUT2D eigenvalue weighted by Crippen LogP contribution is -2.28. The van der Waals surface area contributed by atoms with E-state index in [0.29, 0.717) is 23.1 Å². The first-order valence-electron chi connectivity index (χ1n) is 5.35. The first-order valence-corrected chi connectivity index (χ1v) is 5.88. The highest BCUT2D eigenvalue weighted by atomic mass is 35.5. The molecule has 1 rings (SSSR count). The molecule has 3 nitrogen and oxygen atoms in total. The number of unbranched alkanes of at least 4 members (excludes halogenated alkanes) is 3. The molecule has 0 bridgehead atoms. The van der Waals surface area contributed by atoms with Crippen molar-refractivity contribution < 1.29 is 9.59 Å². The number of rotatable bonds is 6. The molecule has 0 atom stereocenters. The average Bonchev–Trinajstić information content (AvgIpc) is 2.71. The lowest BCUT2D eigenvalue weighted by Gasteiger charge is -2.02. The maximum Gasteiger partial charge on any atom is 0.150 e. The summed E-state index contributed by atoms with van der Waals surface area (Å²) in [5, 5.41) is 0.825. The molecule has 1 aromatic heterocycles. The van der Waals surface area contributed by atoms with Crippen molar-refractivity contribution in [2.45, 2.75) is 32.2 Å². The van der Waals surface area contributed by atoms with Crippen LogP contribution in [0.5, 0.6) is 0 Å². The van der Waals surface area contributed by atoms with Gasteiger partial charge in [0.25, 0.3) is 0 Å². The van der Waals surface area contributed by atoms with Gasteiger partial charge in [0.05, 0.1) is 0 Å². The zero-order chi connectivity index (χ0) is 11.8. The molecule has 0 saturated carbocycles. The summed E-state index contributed by atoms with van der Waals surface area (Å²) >= 11 is 5.57. The minimum absolute atomic E-state index is 0.413. The summed E-state index contributed by atoms with van der Waals surface area (Å²) in [7, 11) is 0. The Morgan fingerprint density at radius 2 is 1.56 bits per heavy atom. The lowest BCUT2D eigenvalue weighted by atomic mass is 10.2. The van der Waals surface area contributed by atoms with Crippen LogP contribution in [0.4, 0.5) is 0 Å². The van der Waals surface area contributed by atoms with Crippen LogP contribution in [-0.2, 0) is 16.1 Å². The van der Waals surface area contributed by atoms with Gasteiger partial charge >= 0.3 is 0 Å². The molecule has 0 N–H and O–H groups in total. The van der Waals surface area contributed by atoms with Gasteiger partial charge in [-0.25, -0.2) is 9.59 Å². The molecule has 1 aromatic rings. The molecular weight excluding hydrogens is 226 g/mol. The number of hydrogen-bond acceptors (Lipinski definition) is 2. The van der Waals surface area contributed by atoms with Gasteiger partial charge in [-0.2, -0.15) is 0 Å². The van der Waals surface area contributed by atoms with E-state index in [4.69, 9.17) is 11.6 Å². The summed E-state index contributed by atoms with van der Waals surface area (Å²) in [6.07, 6.45) is 4.05. The molecule has 0 aromatic carbocycles. The van der Waals surface area contributed by atoms with E-state index < -0.39 is 0 Å². The molecule has 0 radical (unpaired) electrons. The van der Waals surface area contributed by atoms with Gasteiger partial charge in [-0.3, -0.25) is 0 Å². The predicted octanol–water partition coefficient (Wildman–Crippen LogP) is 0.294. The van der Waals surface area contributed by atoms with Crippen LogP contribution in [0.25, 0.3) is 0 Å². The van der Waals surface area contributed by atoms with Crippen LogP contribution in [0.1, 0.15) is 25.7 Å². The molecule has 86 valence electrons. The summed E-state index contributed by atoms with van der Waals surface area (Å²) < 4.78 is 1.65. The fraction of sp³-hybridized carbons (Fsp3) is 0.500. The molecule has 0 unspecified atom stereocenters. The van der Waals surface area contributed by atoms with E-state index in [1.54, 1.807) is 16.7 Å². The van der Waals surface area contributed by atoms with Gasteiger partial charge in [-0.1, -0.05) is 12.8 Å². The summed E-state index contributed by atoms with van der Waals surface area (Å²) in [6, 6.07) is 3.18. The number of alkyl halides is 1. The van der Waals surface area contributed by atoms with Crippen molar-refractivity contribution in [2.24, 2.45) is 0 Å². The number of carbonyl (C=O) groups excluding carboxylic acids is 2. The predicted molar refractivity (Wildman–Crippen MR) is 62.5 cm³/mol. The summed E-state index contributed by atoms with van der Waals surface area (Å²) in [5.74, 6) is 4.32. The van der Waals surface area contributed by atoms with Crippen molar-refractivity contribution in [3.63, 3.8) is 0 Å². The molecule has 0 aliphatic rings. The van der Waals surface area contributed by atoms with E-state index in [1.807, 2.05) is 11.9 Å². The third-order valence-corrected chi connectivity index (χ3v) is 2.72. The maximum atomic E-state index is 10.6. The Hall–Kier alpha value is -1.27. The highest BCUT2D eigenvalue weighted by molar-refractivity contribution is 6.17. The normalized spacial score (nSPS) is 9.81. The van der Waals surface area contributed by atoms with Gasteiger partial charge in [0, 0.05) is 12.4 Å². The Balaban J connectivity index is 2.63. The quantitative estimate of drug-likeness (QED) is 0.529. The monoisotopic (exact) mass is 239 g/mol. The molecule has 1 heterocycles. The average molecular weight is 240 g/mol. The van der Waals surface area contributed by atoms with Crippen LogP contribution >= 0.6 is 11.6 Å². The van der Waals surface area contributed by atoms with Crippen LogP contribution in [0.2, 0.25) is 0 Å². The Bertz CT molecular complexity index is 444. The van der Waals surface area contributed by atoms with Crippen LogP contribution in [0, 0.1) is 0 Å². The van der Waals surface area contributed by atoms with Gasteiger partial charge in [-0.15, -0.1) is 11.6 Å². The van der Waals surface area contributed by atoms with Crippen LogP contribution in [0.3, 0.4) is 0 Å². The fourth-order valence-electron chi connectivity index (χ4n) is 1.60. The van der Waals surface area contributed by atoms with Crippen molar-refractivity contribution in [1.82, 2.24) is 4.57 Å². The number of aromatic nitrogens is 1. The van der Waals surface area contributed by atoms with E-state index in [0.717, 1.165) is 25.7 Å². The van der Waals surface area contributed by atoms with Crippen molar-refractivity contribution in [2.75, 3.05) is 5.88 Å². The Kier molecular flexibility index (Phi) is 5.66. The second-order valence-corrected chi connectivity index (χ2v) is 3.94. The number of nitrogens with zero attached hydrogens (tertiary/aromatic N) is 1. The third-order valence-electron chi connectivity index (χ3n) is 2.46. The summed E-state index contributed by atoms with van der Waals surface area (Å²) in [6.45, 7) is 0.657. The molecule has 0 spiro atoms. The Morgan fingerprint density at radius 1 is 1.00 bits per heavy atom. The minimum Gasteiger partial charge on any atom is -0.323 e. The van der Waals surface area contributed by atoms with Crippen molar-refractivity contribution in [3.8, 4) is 0 Å². The van der Waals surface area contributed by atoms with Gasteiger partial charge in [-0.05, 0) is 25.0 Å². The molecule has 16 heavy (non-hydrogen) atoms. The van der Waals surface area contributed by atoms with E-state index in [9.17, 15) is 9.59 Å². The van der Waals surface area contributed by atoms with Crippen LogP contribution in [0.15, 0.2) is 12.1 Å². The molecule has 0 aliphatic carbocycles. The van der Waals surface area contributed by atoms with Crippen LogP contribution < -0.4 is 10.7 Å². The van der Waals surface area contributed by atoms with Crippen molar-refractivity contribution in [1.29, 1.82) is 0 Å². The van der Waals surface area contributed by atoms with Crippen molar-refractivity contribution >= 4 is 23.5 Å².